The van der Waals surface area contributed by atoms with Gasteiger partial charge in [0.15, 0.2) is 0 Å². The summed E-state index contributed by atoms with van der Waals surface area (Å²) in [5.74, 6) is 0.975. The van der Waals surface area contributed by atoms with Gasteiger partial charge in [-0.05, 0) is 69.5 Å². The number of hydrogen-bond donors (Lipinski definition) is 1. The van der Waals surface area contributed by atoms with E-state index >= 15 is 0 Å². The van der Waals surface area contributed by atoms with Crippen molar-refractivity contribution >= 4 is 34.6 Å². The quantitative estimate of drug-likeness (QED) is 0.514. The SMILES string of the molecule is C=C(C)c1cc(CCc2nc3ccc(/C=C\C=NCC)cc3[nH]2)nn1/C(C)=C\C. The molecule has 0 aliphatic carbocycles. The molecule has 0 saturated carbocycles. The van der Waals surface area contributed by atoms with Crippen molar-refractivity contribution in [3.8, 4) is 0 Å². The van der Waals surface area contributed by atoms with E-state index in [2.05, 4.69) is 59.9 Å². The van der Waals surface area contributed by atoms with E-state index in [9.17, 15) is 0 Å². The minimum absolute atomic E-state index is 0.799. The largest absolute Gasteiger partial charge is 0.342 e. The molecule has 1 aromatic carbocycles. The van der Waals surface area contributed by atoms with Crippen LogP contribution in [0.1, 0.15) is 50.5 Å². The van der Waals surface area contributed by atoms with Crippen molar-refractivity contribution in [3.05, 3.63) is 65.8 Å². The van der Waals surface area contributed by atoms with E-state index in [1.807, 2.05) is 37.7 Å². The van der Waals surface area contributed by atoms with E-state index in [4.69, 9.17) is 10.1 Å². The molecule has 2 aromatic heterocycles. The van der Waals surface area contributed by atoms with Crippen molar-refractivity contribution in [2.75, 3.05) is 6.54 Å². The maximum absolute atomic E-state index is 4.76. The summed E-state index contributed by atoms with van der Waals surface area (Å²) in [5.41, 5.74) is 7.37. The van der Waals surface area contributed by atoms with Crippen LogP contribution in [-0.2, 0) is 12.8 Å². The topological polar surface area (TPSA) is 58.9 Å². The Kier molecular flexibility index (Phi) is 6.60. The molecule has 150 valence electrons. The molecule has 29 heavy (non-hydrogen) atoms. The zero-order valence-electron chi connectivity index (χ0n) is 17.7. The summed E-state index contributed by atoms with van der Waals surface area (Å²) in [6, 6.07) is 8.36. The van der Waals surface area contributed by atoms with E-state index in [1.54, 1.807) is 0 Å². The molecule has 0 atom stereocenters. The van der Waals surface area contributed by atoms with Crippen molar-refractivity contribution in [2.24, 2.45) is 4.99 Å². The second-order valence-corrected chi connectivity index (χ2v) is 7.11. The number of rotatable bonds is 8. The molecule has 3 aromatic rings. The van der Waals surface area contributed by atoms with Gasteiger partial charge in [0.25, 0.3) is 0 Å². The summed E-state index contributed by atoms with van der Waals surface area (Å²) < 4.78 is 1.97. The molecule has 1 N–H and O–H groups in total. The van der Waals surface area contributed by atoms with Crippen LogP contribution in [0.4, 0.5) is 0 Å². The first-order valence-corrected chi connectivity index (χ1v) is 10.0. The van der Waals surface area contributed by atoms with Crippen molar-refractivity contribution < 1.29 is 0 Å². The Balaban J connectivity index is 1.75. The summed E-state index contributed by atoms with van der Waals surface area (Å²) in [4.78, 5) is 12.4. The molecular formula is C24H29N5. The van der Waals surface area contributed by atoms with Gasteiger partial charge >= 0.3 is 0 Å². The molecule has 0 saturated heterocycles. The van der Waals surface area contributed by atoms with Gasteiger partial charge in [0.1, 0.15) is 5.82 Å². The lowest BCUT2D eigenvalue weighted by Gasteiger charge is -2.05. The fourth-order valence-electron chi connectivity index (χ4n) is 3.12. The van der Waals surface area contributed by atoms with Crippen LogP contribution in [0.25, 0.3) is 28.4 Å². The first-order chi connectivity index (χ1) is 14.0. The Hall–Kier alpha value is -3.21. The Morgan fingerprint density at radius 2 is 2.07 bits per heavy atom. The summed E-state index contributed by atoms with van der Waals surface area (Å²) >= 11 is 0. The number of hydrogen-bond acceptors (Lipinski definition) is 3. The first-order valence-electron chi connectivity index (χ1n) is 10.0. The van der Waals surface area contributed by atoms with Crippen LogP contribution in [0.5, 0.6) is 0 Å². The van der Waals surface area contributed by atoms with Gasteiger partial charge in [0, 0.05) is 24.9 Å². The van der Waals surface area contributed by atoms with E-state index < -0.39 is 0 Å². The van der Waals surface area contributed by atoms with Gasteiger partial charge < -0.3 is 4.98 Å². The number of nitrogens with zero attached hydrogens (tertiary/aromatic N) is 4. The number of fused-ring (bicyclic) bond motifs is 1. The number of imidazole rings is 1. The molecule has 5 heteroatoms. The second kappa shape index (κ2) is 9.32. The summed E-state index contributed by atoms with van der Waals surface area (Å²) in [5, 5.41) is 4.76. The van der Waals surface area contributed by atoms with Crippen LogP contribution in [0.15, 0.2) is 48.0 Å². The highest BCUT2D eigenvalue weighted by Crippen LogP contribution is 2.20. The highest BCUT2D eigenvalue weighted by molar-refractivity contribution is 5.82. The number of H-pyrrole nitrogens is 1. The molecule has 0 spiro atoms. The summed E-state index contributed by atoms with van der Waals surface area (Å²) in [6.07, 6.45) is 9.53. The van der Waals surface area contributed by atoms with Crippen molar-refractivity contribution in [3.63, 3.8) is 0 Å². The normalized spacial score (nSPS) is 12.6. The van der Waals surface area contributed by atoms with Gasteiger partial charge in [-0.3, -0.25) is 4.99 Å². The predicted octanol–water partition coefficient (Wildman–Crippen LogP) is 5.56. The van der Waals surface area contributed by atoms with E-state index in [1.165, 1.54) is 0 Å². The van der Waals surface area contributed by atoms with Crippen LogP contribution < -0.4 is 0 Å². The third kappa shape index (κ3) is 4.99. The number of nitrogens with one attached hydrogen (secondary N) is 1. The molecule has 0 amide bonds. The summed E-state index contributed by atoms with van der Waals surface area (Å²) in [6.45, 7) is 13.0. The van der Waals surface area contributed by atoms with Gasteiger partial charge in [-0.2, -0.15) is 5.10 Å². The van der Waals surface area contributed by atoms with Crippen molar-refractivity contribution in [1.82, 2.24) is 19.7 Å². The molecule has 0 fully saturated rings. The molecule has 0 aliphatic heterocycles. The smallest absolute Gasteiger partial charge is 0.107 e. The van der Waals surface area contributed by atoms with Gasteiger partial charge in [-0.1, -0.05) is 24.8 Å². The lowest BCUT2D eigenvalue weighted by Crippen LogP contribution is -2.01. The number of benzene rings is 1. The number of aromatic amines is 1. The highest BCUT2D eigenvalue weighted by atomic mass is 15.3. The zero-order valence-corrected chi connectivity index (χ0v) is 17.7. The minimum Gasteiger partial charge on any atom is -0.342 e. The lowest BCUT2D eigenvalue weighted by atomic mass is 10.2. The fourth-order valence-corrected chi connectivity index (χ4v) is 3.12. The van der Waals surface area contributed by atoms with Crippen LogP contribution in [-0.4, -0.2) is 32.5 Å². The predicted molar refractivity (Wildman–Crippen MR) is 124 cm³/mol. The Morgan fingerprint density at radius 3 is 2.79 bits per heavy atom. The maximum atomic E-state index is 4.76. The average Bonchev–Trinajstić information content (AvgIpc) is 3.32. The van der Waals surface area contributed by atoms with Crippen LogP contribution in [0.2, 0.25) is 0 Å². The van der Waals surface area contributed by atoms with Crippen molar-refractivity contribution in [1.29, 1.82) is 0 Å². The molecule has 0 radical (unpaired) electrons. The fraction of sp³-hybridized carbons (Fsp3) is 0.292. The number of aliphatic imine (C=N–C) groups is 1. The molecular weight excluding hydrogens is 358 g/mol. The third-order valence-electron chi connectivity index (χ3n) is 4.78. The Morgan fingerprint density at radius 1 is 1.24 bits per heavy atom. The van der Waals surface area contributed by atoms with Gasteiger partial charge in [0.05, 0.1) is 22.4 Å². The zero-order chi connectivity index (χ0) is 20.8. The van der Waals surface area contributed by atoms with E-state index in [0.29, 0.717) is 0 Å². The van der Waals surface area contributed by atoms with Crippen LogP contribution in [0, 0.1) is 0 Å². The van der Waals surface area contributed by atoms with E-state index in [0.717, 1.165) is 64.5 Å². The third-order valence-corrected chi connectivity index (χ3v) is 4.78. The van der Waals surface area contributed by atoms with Gasteiger partial charge in [-0.15, -0.1) is 0 Å². The van der Waals surface area contributed by atoms with E-state index in [-0.39, 0.29) is 0 Å². The Labute approximate surface area is 172 Å². The molecule has 3 rings (SSSR count). The van der Waals surface area contributed by atoms with Crippen molar-refractivity contribution in [2.45, 2.75) is 40.5 Å². The first kappa shape index (κ1) is 20.5. The van der Waals surface area contributed by atoms with Crippen LogP contribution >= 0.6 is 0 Å². The Bertz CT molecular complexity index is 1090. The maximum Gasteiger partial charge on any atom is 0.107 e. The molecule has 0 aliphatic rings. The average molecular weight is 388 g/mol. The molecule has 5 nitrogen and oxygen atoms in total. The van der Waals surface area contributed by atoms with Gasteiger partial charge in [-0.25, -0.2) is 9.67 Å². The van der Waals surface area contributed by atoms with Crippen LogP contribution in [0.3, 0.4) is 0 Å². The molecule has 2 heterocycles. The monoisotopic (exact) mass is 387 g/mol. The number of allylic oxidation sites excluding steroid dienone is 4. The summed E-state index contributed by atoms with van der Waals surface area (Å²) in [7, 11) is 0. The highest BCUT2D eigenvalue weighted by Gasteiger charge is 2.11. The number of aryl methyl sites for hydroxylation is 2. The molecule has 0 unspecified atom stereocenters. The number of aromatic nitrogens is 4. The second-order valence-electron chi connectivity index (χ2n) is 7.11. The van der Waals surface area contributed by atoms with Gasteiger partial charge in [0.2, 0.25) is 0 Å². The lowest BCUT2D eigenvalue weighted by molar-refractivity contribution is 0.803. The molecule has 0 bridgehead atoms. The minimum atomic E-state index is 0.799. The standard InChI is InChI=1S/C24H29N5/c1-6-18(5)29-23(17(3)4)16-20(28-29)11-13-24-26-21-12-10-19(15-22(21)27-24)9-8-14-25-7-2/h6,8-10,12,14-16H,3,7,11,13H2,1-2,4-5H3,(H,26,27)/b9-8-,18-6-,25-14?.